The van der Waals surface area contributed by atoms with Crippen LogP contribution in [0.4, 0.5) is 4.39 Å². The second-order valence-electron chi connectivity index (χ2n) is 0.597. The van der Waals surface area contributed by atoms with Crippen LogP contribution >= 0.6 is 0 Å². The maximum Gasteiger partial charge on any atom is 0.0916 e. The number of hydrogen-bond acceptors (Lipinski definition) is 1. The molecule has 0 saturated heterocycles. The molecule has 0 spiro atoms. The Morgan fingerprint density at radius 2 is 2.60 bits per heavy atom. The van der Waals surface area contributed by atoms with Crippen LogP contribution in [0.2, 0.25) is 0 Å². The highest BCUT2D eigenvalue weighted by molar-refractivity contribution is 4.22. The van der Waals surface area contributed by atoms with Crippen molar-refractivity contribution in [1.82, 2.24) is 0 Å². The first kappa shape index (κ1) is 2.13. The summed E-state index contributed by atoms with van der Waals surface area (Å²) >= 11 is 0. The van der Waals surface area contributed by atoms with Crippen LogP contribution in [0.25, 0.3) is 0 Å². The molecule has 0 aromatic carbocycles. The molecular formula is C3H7FO. The normalized spacial score (nSPS) is 17.2. The summed E-state index contributed by atoms with van der Waals surface area (Å²) in [6.07, 6.45) is -0.438. The van der Waals surface area contributed by atoms with Crippen LogP contribution in [0.1, 0.15) is 9.16 Å². The number of alkyl halides is 1. The highest BCUT2D eigenvalue weighted by Crippen LogP contribution is 1.72. The van der Waals surface area contributed by atoms with Crippen molar-refractivity contribution >= 4 is 0 Å². The van der Waals surface area contributed by atoms with Gasteiger partial charge in [0.1, 0.15) is 0 Å². The molecule has 0 atom stereocenters. The van der Waals surface area contributed by atoms with Gasteiger partial charge in [0.25, 0.3) is 0 Å². The Morgan fingerprint density at radius 1 is 2.00 bits per heavy atom. The van der Waals surface area contributed by atoms with E-state index in [0.29, 0.717) is 0 Å². The predicted octanol–water partition coefficient (Wildman–Crippen LogP) is 0.338. The fourth-order valence-corrected chi connectivity index (χ4v) is 0.0423. The minimum Gasteiger partial charge on any atom is -0.396 e. The Hall–Kier alpha value is -0.110. The van der Waals surface area contributed by atoms with E-state index < -0.39 is 19.7 Å². The van der Waals surface area contributed by atoms with E-state index in [-0.39, 0.29) is 0 Å². The molecule has 0 heterocycles. The molecule has 0 aliphatic heterocycles. The summed E-state index contributed by atoms with van der Waals surface area (Å²) in [7, 11) is 0. The molecule has 0 aromatic heterocycles. The quantitative estimate of drug-likeness (QED) is 0.507. The maximum absolute atomic E-state index is 11.1. The van der Waals surface area contributed by atoms with Gasteiger partial charge in [0.05, 0.1) is 9.42 Å². The molecule has 5 heavy (non-hydrogen) atoms. The molecule has 0 fully saturated rings. The number of hydrogen-bond donors (Lipinski definition) is 1. The van der Waals surface area contributed by atoms with Crippen molar-refractivity contribution < 1.29 is 12.2 Å². The standard InChI is InChI=1S/C3H7FO/c4-2-1-3-5/h5H,1-3H2/i3D2. The molecule has 0 bridgehead atoms. The Balaban J connectivity index is 3.15. The van der Waals surface area contributed by atoms with Gasteiger partial charge >= 0.3 is 0 Å². The summed E-state index contributed by atoms with van der Waals surface area (Å²) in [6.45, 7) is -3.14. The molecule has 2 heteroatoms. The van der Waals surface area contributed by atoms with Gasteiger partial charge in [-0.15, -0.1) is 0 Å². The lowest BCUT2D eigenvalue weighted by molar-refractivity contribution is 0.269. The lowest BCUT2D eigenvalue weighted by Gasteiger charge is -1.76. The van der Waals surface area contributed by atoms with Gasteiger partial charge in [-0.25, -0.2) is 0 Å². The molecule has 0 saturated carbocycles. The Kier molecular flexibility index (Phi) is 1.66. The molecule has 32 valence electrons. The summed E-state index contributed by atoms with van der Waals surface area (Å²) in [5, 5.41) is 8.11. The number of aliphatic hydroxyl groups is 1. The van der Waals surface area contributed by atoms with E-state index in [1.165, 1.54) is 0 Å². The van der Waals surface area contributed by atoms with Gasteiger partial charge in [0, 0.05) is 6.56 Å². The third-order valence-corrected chi connectivity index (χ3v) is 0.206. The zero-order chi connectivity index (χ0) is 5.91. The second-order valence-corrected chi connectivity index (χ2v) is 0.597. The highest BCUT2D eigenvalue weighted by Gasteiger charge is 1.72. The Morgan fingerprint density at radius 3 is 2.60 bits per heavy atom. The molecule has 0 aromatic rings. The van der Waals surface area contributed by atoms with Crippen LogP contribution < -0.4 is 0 Å². The zero-order valence-corrected chi connectivity index (χ0v) is 2.74. The van der Waals surface area contributed by atoms with Crippen molar-refractivity contribution in [1.29, 1.82) is 0 Å². The molecule has 0 unspecified atom stereocenters. The van der Waals surface area contributed by atoms with E-state index >= 15 is 0 Å². The first-order valence-corrected chi connectivity index (χ1v) is 1.34. The van der Waals surface area contributed by atoms with Gasteiger partial charge in [-0.05, 0) is 6.42 Å². The maximum atomic E-state index is 11.1. The highest BCUT2D eigenvalue weighted by atomic mass is 19.1. The lowest BCUT2D eigenvalue weighted by atomic mass is 10.5. The number of halogens is 1. The fourth-order valence-electron chi connectivity index (χ4n) is 0.0423. The van der Waals surface area contributed by atoms with Crippen LogP contribution in [-0.4, -0.2) is 18.3 Å². The topological polar surface area (TPSA) is 20.2 Å². The average Bonchev–Trinajstić information content (AvgIpc) is 1.30. The minimum absolute atomic E-state index is 0.438. The van der Waals surface area contributed by atoms with Gasteiger partial charge in [-0.1, -0.05) is 0 Å². The molecule has 0 aliphatic rings. The van der Waals surface area contributed by atoms with Crippen molar-refractivity contribution in [2.75, 3.05) is 13.2 Å². The first-order chi connectivity index (χ1) is 3.06. The van der Waals surface area contributed by atoms with E-state index in [1.54, 1.807) is 0 Å². The third-order valence-electron chi connectivity index (χ3n) is 0.206. The lowest BCUT2D eigenvalue weighted by Crippen LogP contribution is -1.80. The van der Waals surface area contributed by atoms with Crippen molar-refractivity contribution in [3.63, 3.8) is 0 Å². The molecule has 0 amide bonds. The smallest absolute Gasteiger partial charge is 0.0916 e. The van der Waals surface area contributed by atoms with Gasteiger partial charge in [0.15, 0.2) is 0 Å². The fraction of sp³-hybridized carbons (Fsp3) is 1.00. The molecule has 1 nitrogen and oxygen atoms in total. The van der Waals surface area contributed by atoms with E-state index in [1.807, 2.05) is 0 Å². The second kappa shape index (κ2) is 3.89. The molecule has 0 aliphatic carbocycles. The Labute approximate surface area is 33.2 Å². The van der Waals surface area contributed by atoms with Crippen LogP contribution in [0.3, 0.4) is 0 Å². The van der Waals surface area contributed by atoms with Gasteiger partial charge in [-0.2, -0.15) is 0 Å². The van der Waals surface area contributed by atoms with Crippen molar-refractivity contribution in [3.8, 4) is 0 Å². The van der Waals surface area contributed by atoms with Gasteiger partial charge < -0.3 is 5.11 Å². The van der Waals surface area contributed by atoms with E-state index in [2.05, 4.69) is 0 Å². The average molecular weight is 80.1 g/mol. The van der Waals surface area contributed by atoms with Crippen molar-refractivity contribution in [3.05, 3.63) is 0 Å². The van der Waals surface area contributed by atoms with Gasteiger partial charge in [-0.3, -0.25) is 4.39 Å². The molecule has 1 N–H and O–H groups in total. The minimum atomic E-state index is -2.32. The van der Waals surface area contributed by atoms with Crippen molar-refractivity contribution in [2.45, 2.75) is 6.42 Å². The largest absolute Gasteiger partial charge is 0.396 e. The summed E-state index contributed by atoms with van der Waals surface area (Å²) in [6, 6.07) is 0. The van der Waals surface area contributed by atoms with Gasteiger partial charge in [0.2, 0.25) is 0 Å². The first-order valence-electron chi connectivity index (χ1n) is 2.34. The summed E-state index contributed by atoms with van der Waals surface area (Å²) < 4.78 is 23.7. The summed E-state index contributed by atoms with van der Waals surface area (Å²) in [5.74, 6) is 0. The third kappa shape index (κ3) is 3.89. The Bertz CT molecular complexity index is 51.4. The monoisotopic (exact) mass is 80.1 g/mol. The summed E-state index contributed by atoms with van der Waals surface area (Å²) in [5.41, 5.74) is 0. The van der Waals surface area contributed by atoms with Crippen molar-refractivity contribution in [2.24, 2.45) is 0 Å². The van der Waals surface area contributed by atoms with E-state index in [0.717, 1.165) is 0 Å². The molecule has 0 rings (SSSR count). The van der Waals surface area contributed by atoms with Crippen LogP contribution in [0.15, 0.2) is 0 Å². The van der Waals surface area contributed by atoms with Crippen LogP contribution in [0, 0.1) is 0 Å². The summed E-state index contributed by atoms with van der Waals surface area (Å²) in [4.78, 5) is 0. The van der Waals surface area contributed by atoms with Crippen LogP contribution in [-0.2, 0) is 0 Å². The molecule has 0 radical (unpaired) electrons. The van der Waals surface area contributed by atoms with Crippen LogP contribution in [0.5, 0.6) is 0 Å². The predicted molar refractivity (Wildman–Crippen MR) is 17.7 cm³/mol. The zero-order valence-electron chi connectivity index (χ0n) is 4.74. The SMILES string of the molecule is [2H]C([2H])(O)CCF. The van der Waals surface area contributed by atoms with E-state index in [9.17, 15) is 4.39 Å². The van der Waals surface area contributed by atoms with E-state index in [4.69, 9.17) is 7.85 Å². The number of rotatable bonds is 2. The molecular weight excluding hydrogens is 71.0 g/mol.